The summed E-state index contributed by atoms with van der Waals surface area (Å²) in [5, 5.41) is 54.6. The van der Waals surface area contributed by atoms with Crippen LogP contribution in [0.15, 0.2) is 23.8 Å². The third-order valence-corrected chi connectivity index (χ3v) is 11.4. The fourth-order valence-corrected chi connectivity index (χ4v) is 9.15. The van der Waals surface area contributed by atoms with Crippen molar-refractivity contribution in [2.24, 2.45) is 39.4 Å². The molecule has 0 aromatic carbocycles. The van der Waals surface area contributed by atoms with Crippen LogP contribution in [0.4, 0.5) is 0 Å². The van der Waals surface area contributed by atoms with Crippen LogP contribution in [0.3, 0.4) is 0 Å². The topological polar surface area (TPSA) is 135 Å². The fraction of sp³-hybridized carbons (Fsp3) is 0.800. The summed E-state index contributed by atoms with van der Waals surface area (Å²) in [5.74, 6) is -1.88. The standard InChI is InChI=1S/C30H46O7/c1-25(2,36)12-11-21(33)30(8,37)23-19(32)14-27(5)20-10-9-16-17(13-18(31)24(35)26(16,3)4)29(20,7)22(34)15-28(23,27)6/h9,11-12,17-20,23-24,31-32,35-37H,10,13-15H2,1-8H3/t17-,18-,19+,20+,23+,24+,27+,28-,29+,30?/m1/s1. The number of hydrogen-bond donors (Lipinski definition) is 5. The van der Waals surface area contributed by atoms with Crippen LogP contribution in [-0.4, -0.2) is 66.6 Å². The van der Waals surface area contributed by atoms with Gasteiger partial charge >= 0.3 is 0 Å². The molecule has 7 heteroatoms. The van der Waals surface area contributed by atoms with E-state index in [1.807, 2.05) is 27.7 Å². The van der Waals surface area contributed by atoms with E-state index in [2.05, 4.69) is 13.0 Å². The molecule has 7 nitrogen and oxygen atoms in total. The lowest BCUT2D eigenvalue weighted by atomic mass is 9.38. The average molecular weight is 519 g/mol. The summed E-state index contributed by atoms with van der Waals surface area (Å²) in [6, 6.07) is 0. The number of ketones is 2. The van der Waals surface area contributed by atoms with E-state index in [9.17, 15) is 35.1 Å². The molecular formula is C30H46O7. The highest BCUT2D eigenvalue weighted by molar-refractivity contribution is 5.97. The van der Waals surface area contributed by atoms with Gasteiger partial charge in [-0.05, 0) is 68.8 Å². The number of aliphatic hydroxyl groups is 5. The van der Waals surface area contributed by atoms with Gasteiger partial charge in [-0.3, -0.25) is 9.59 Å². The number of rotatable bonds is 4. The van der Waals surface area contributed by atoms with Gasteiger partial charge in [0.1, 0.15) is 11.4 Å². The predicted octanol–water partition coefficient (Wildman–Crippen LogP) is 2.72. The monoisotopic (exact) mass is 518 g/mol. The molecule has 3 saturated carbocycles. The van der Waals surface area contributed by atoms with Crippen molar-refractivity contribution in [2.75, 3.05) is 0 Å². The lowest BCUT2D eigenvalue weighted by Gasteiger charge is -2.65. The van der Waals surface area contributed by atoms with Crippen LogP contribution in [0, 0.1) is 39.4 Å². The molecule has 208 valence electrons. The number of aliphatic hydroxyl groups excluding tert-OH is 3. The van der Waals surface area contributed by atoms with E-state index >= 15 is 0 Å². The zero-order valence-electron chi connectivity index (χ0n) is 23.6. The molecule has 10 atom stereocenters. The van der Waals surface area contributed by atoms with E-state index in [1.54, 1.807) is 0 Å². The molecular weight excluding hydrogens is 472 g/mol. The minimum Gasteiger partial charge on any atom is -0.393 e. The molecule has 5 N–H and O–H groups in total. The summed E-state index contributed by atoms with van der Waals surface area (Å²) in [4.78, 5) is 27.4. The van der Waals surface area contributed by atoms with Crippen LogP contribution in [0.5, 0.6) is 0 Å². The second-order valence-corrected chi connectivity index (χ2v) is 14.4. The van der Waals surface area contributed by atoms with E-state index in [-0.39, 0.29) is 24.0 Å². The number of allylic oxidation sites excluding steroid dienone is 1. The minimum atomic E-state index is -1.94. The highest BCUT2D eigenvalue weighted by atomic mass is 16.3. The molecule has 1 unspecified atom stereocenters. The highest BCUT2D eigenvalue weighted by Crippen LogP contribution is 2.74. The Bertz CT molecular complexity index is 1050. The Kier molecular flexibility index (Phi) is 6.43. The minimum absolute atomic E-state index is 0.0156. The predicted molar refractivity (Wildman–Crippen MR) is 139 cm³/mol. The molecule has 0 bridgehead atoms. The van der Waals surface area contributed by atoms with Gasteiger partial charge in [0.05, 0.1) is 23.9 Å². The summed E-state index contributed by atoms with van der Waals surface area (Å²) in [7, 11) is 0. The average Bonchev–Trinajstić information content (AvgIpc) is 2.96. The van der Waals surface area contributed by atoms with Crippen molar-refractivity contribution < 1.29 is 35.1 Å². The molecule has 0 spiro atoms. The molecule has 4 aliphatic rings. The Morgan fingerprint density at radius 3 is 2.16 bits per heavy atom. The first-order valence-electron chi connectivity index (χ1n) is 13.6. The molecule has 0 saturated heterocycles. The van der Waals surface area contributed by atoms with Crippen LogP contribution < -0.4 is 0 Å². The molecule has 4 rings (SSSR count). The third-order valence-electron chi connectivity index (χ3n) is 11.4. The first-order chi connectivity index (χ1) is 16.7. The second-order valence-electron chi connectivity index (χ2n) is 14.4. The van der Waals surface area contributed by atoms with Crippen molar-refractivity contribution in [1.82, 2.24) is 0 Å². The number of carbonyl (C=O) groups excluding carboxylic acids is 2. The molecule has 0 aromatic rings. The Labute approximate surface area is 220 Å². The molecule has 0 heterocycles. The largest absolute Gasteiger partial charge is 0.393 e. The van der Waals surface area contributed by atoms with Gasteiger partial charge in [-0.2, -0.15) is 0 Å². The van der Waals surface area contributed by atoms with Crippen LogP contribution >= 0.6 is 0 Å². The van der Waals surface area contributed by atoms with Crippen molar-refractivity contribution in [3.8, 4) is 0 Å². The zero-order chi connectivity index (χ0) is 28.1. The van der Waals surface area contributed by atoms with Crippen LogP contribution in [-0.2, 0) is 9.59 Å². The van der Waals surface area contributed by atoms with Crippen molar-refractivity contribution in [2.45, 2.75) is 111 Å². The summed E-state index contributed by atoms with van der Waals surface area (Å²) in [6.07, 6.45) is 3.10. The van der Waals surface area contributed by atoms with Crippen LogP contribution in [0.2, 0.25) is 0 Å². The van der Waals surface area contributed by atoms with Gasteiger partial charge in [-0.25, -0.2) is 0 Å². The van der Waals surface area contributed by atoms with Gasteiger partial charge in [0.25, 0.3) is 0 Å². The van der Waals surface area contributed by atoms with Gasteiger partial charge in [0.2, 0.25) is 0 Å². The van der Waals surface area contributed by atoms with Crippen molar-refractivity contribution in [1.29, 1.82) is 0 Å². The Hall–Kier alpha value is -1.38. The van der Waals surface area contributed by atoms with Gasteiger partial charge in [0.15, 0.2) is 5.78 Å². The smallest absolute Gasteiger partial charge is 0.187 e. The number of Topliss-reactive ketones (excluding diaryl/α,β-unsaturated/α-hetero) is 1. The maximum atomic E-state index is 14.2. The van der Waals surface area contributed by atoms with Crippen LogP contribution in [0.25, 0.3) is 0 Å². The van der Waals surface area contributed by atoms with Crippen molar-refractivity contribution in [3.63, 3.8) is 0 Å². The first kappa shape index (κ1) is 28.6. The quantitative estimate of drug-likeness (QED) is 0.285. The maximum absolute atomic E-state index is 14.2. The summed E-state index contributed by atoms with van der Waals surface area (Å²) >= 11 is 0. The molecule has 0 aliphatic heterocycles. The fourth-order valence-electron chi connectivity index (χ4n) is 9.15. The lowest BCUT2D eigenvalue weighted by molar-refractivity contribution is -0.186. The first-order valence-corrected chi connectivity index (χ1v) is 13.6. The van der Waals surface area contributed by atoms with Crippen LogP contribution in [0.1, 0.15) is 81.1 Å². The van der Waals surface area contributed by atoms with E-state index in [4.69, 9.17) is 0 Å². The van der Waals surface area contributed by atoms with E-state index in [0.717, 1.165) is 5.57 Å². The second kappa shape index (κ2) is 8.31. The molecule has 4 aliphatic carbocycles. The summed E-state index contributed by atoms with van der Waals surface area (Å²) in [6.45, 7) is 14.3. The van der Waals surface area contributed by atoms with E-state index in [0.29, 0.717) is 19.3 Å². The highest BCUT2D eigenvalue weighted by Gasteiger charge is 2.74. The summed E-state index contributed by atoms with van der Waals surface area (Å²) < 4.78 is 0. The van der Waals surface area contributed by atoms with E-state index in [1.165, 1.54) is 32.9 Å². The Morgan fingerprint density at radius 2 is 1.59 bits per heavy atom. The molecule has 3 fully saturated rings. The lowest BCUT2D eigenvalue weighted by Crippen LogP contribution is -2.65. The van der Waals surface area contributed by atoms with Gasteiger partial charge in [-0.1, -0.05) is 52.3 Å². The number of hydrogen-bond acceptors (Lipinski definition) is 7. The normalized spacial score (nSPS) is 47.1. The molecule has 0 amide bonds. The summed E-state index contributed by atoms with van der Waals surface area (Å²) in [5.41, 5.74) is -5.07. The molecule has 0 radical (unpaired) electrons. The maximum Gasteiger partial charge on any atom is 0.187 e. The Balaban J connectivity index is 1.79. The van der Waals surface area contributed by atoms with E-state index < -0.39 is 62.9 Å². The molecule has 37 heavy (non-hydrogen) atoms. The van der Waals surface area contributed by atoms with Gasteiger partial charge in [-0.15, -0.1) is 0 Å². The third kappa shape index (κ3) is 3.79. The SMILES string of the molecule is CC(C)(O)C=CC(=O)C(C)(O)[C@H]1[C@@H](O)C[C@@]2(C)[C@@H]3CC=C4[C@@H](C[C@@H](O)[C@H](O)C4(C)C)[C@]3(C)C(=O)C[C@]12C. The van der Waals surface area contributed by atoms with Gasteiger partial charge in [0, 0.05) is 23.2 Å². The Morgan fingerprint density at radius 1 is 1.00 bits per heavy atom. The number of fused-ring (bicyclic) bond motifs is 5. The number of carbonyl (C=O) groups is 2. The molecule has 0 aromatic heterocycles. The zero-order valence-corrected chi connectivity index (χ0v) is 23.6. The van der Waals surface area contributed by atoms with Crippen molar-refractivity contribution >= 4 is 11.6 Å². The van der Waals surface area contributed by atoms with Gasteiger partial charge < -0.3 is 25.5 Å². The van der Waals surface area contributed by atoms with Crippen molar-refractivity contribution in [3.05, 3.63) is 23.8 Å².